The number of methoxy groups -OCH3 is 3. The summed E-state index contributed by atoms with van der Waals surface area (Å²) in [6.45, 7) is 4.35. The lowest BCUT2D eigenvalue weighted by atomic mass is 10.2. The van der Waals surface area contributed by atoms with Gasteiger partial charge in [0.25, 0.3) is 0 Å². The molecule has 21 heavy (non-hydrogen) atoms. The predicted octanol–water partition coefficient (Wildman–Crippen LogP) is 3.39. The fraction of sp³-hybridized carbons (Fsp3) is 0.533. The molecule has 0 radical (unpaired) electrons. The van der Waals surface area contributed by atoms with Gasteiger partial charge in [-0.25, -0.2) is 0 Å². The number of amidine groups is 1. The van der Waals surface area contributed by atoms with Gasteiger partial charge in [-0.15, -0.1) is 0 Å². The third-order valence-electron chi connectivity index (χ3n) is 3.24. The van der Waals surface area contributed by atoms with Crippen molar-refractivity contribution in [2.75, 3.05) is 26.6 Å². The summed E-state index contributed by atoms with van der Waals surface area (Å²) >= 11 is 1.75. The fourth-order valence-electron chi connectivity index (χ4n) is 2.34. The molecule has 0 saturated heterocycles. The number of aliphatic imine (C=N–C) groups is 1. The molecule has 0 spiro atoms. The van der Waals surface area contributed by atoms with Crippen molar-refractivity contribution >= 4 is 22.6 Å². The number of anilines is 1. The Kier molecular flexibility index (Phi) is 5.22. The SMILES string of the molecule is COc1cc(NC2=NC(C)CC(C)S2)cc(OC)c1OC. The first-order chi connectivity index (χ1) is 10.1. The van der Waals surface area contributed by atoms with E-state index in [1.54, 1.807) is 33.1 Å². The topological polar surface area (TPSA) is 52.1 Å². The third-order valence-corrected chi connectivity index (χ3v) is 4.27. The highest BCUT2D eigenvalue weighted by atomic mass is 32.2. The summed E-state index contributed by atoms with van der Waals surface area (Å²) in [7, 11) is 4.81. The first kappa shape index (κ1) is 15.8. The Labute approximate surface area is 130 Å². The van der Waals surface area contributed by atoms with Gasteiger partial charge in [0, 0.05) is 23.1 Å². The Morgan fingerprint density at radius 1 is 1.10 bits per heavy atom. The fourth-order valence-corrected chi connectivity index (χ4v) is 3.51. The molecule has 0 aromatic heterocycles. The zero-order valence-corrected chi connectivity index (χ0v) is 13.9. The Bertz CT molecular complexity index is 509. The predicted molar refractivity (Wildman–Crippen MR) is 88.3 cm³/mol. The molecule has 1 aromatic rings. The summed E-state index contributed by atoms with van der Waals surface area (Å²) in [5, 5.41) is 4.82. The number of thioether (sulfide) groups is 1. The second-order valence-electron chi connectivity index (χ2n) is 4.99. The minimum atomic E-state index is 0.339. The molecule has 0 amide bonds. The van der Waals surface area contributed by atoms with Crippen molar-refractivity contribution in [1.82, 2.24) is 0 Å². The average Bonchev–Trinajstić information content (AvgIpc) is 2.45. The van der Waals surface area contributed by atoms with Gasteiger partial charge in [-0.05, 0) is 13.3 Å². The summed E-state index contributed by atoms with van der Waals surface area (Å²) in [5.74, 6) is 1.84. The number of ether oxygens (including phenoxy) is 3. The zero-order chi connectivity index (χ0) is 15.4. The van der Waals surface area contributed by atoms with E-state index in [4.69, 9.17) is 14.2 Å². The number of hydrogen-bond donors (Lipinski definition) is 1. The van der Waals surface area contributed by atoms with E-state index in [0.29, 0.717) is 28.5 Å². The highest BCUT2D eigenvalue weighted by molar-refractivity contribution is 8.14. The molecule has 2 rings (SSSR count). The van der Waals surface area contributed by atoms with Crippen LogP contribution in [0.1, 0.15) is 20.3 Å². The number of nitrogens with zero attached hydrogens (tertiary/aromatic N) is 1. The summed E-state index contributed by atoms with van der Waals surface area (Å²) < 4.78 is 16.0. The van der Waals surface area contributed by atoms with Gasteiger partial charge in [-0.2, -0.15) is 0 Å². The molecule has 0 fully saturated rings. The molecule has 2 atom stereocenters. The van der Waals surface area contributed by atoms with E-state index < -0.39 is 0 Å². The lowest BCUT2D eigenvalue weighted by Gasteiger charge is -2.23. The van der Waals surface area contributed by atoms with E-state index in [0.717, 1.165) is 17.3 Å². The second kappa shape index (κ2) is 6.93. The number of nitrogens with one attached hydrogen (secondary N) is 1. The maximum atomic E-state index is 5.36. The highest BCUT2D eigenvalue weighted by Gasteiger charge is 2.20. The number of rotatable bonds is 4. The summed E-state index contributed by atoms with van der Waals surface area (Å²) in [6, 6.07) is 4.11. The minimum absolute atomic E-state index is 0.339. The van der Waals surface area contributed by atoms with Gasteiger partial charge in [0.15, 0.2) is 16.7 Å². The van der Waals surface area contributed by atoms with Crippen molar-refractivity contribution < 1.29 is 14.2 Å². The van der Waals surface area contributed by atoms with E-state index in [9.17, 15) is 0 Å². The Balaban J connectivity index is 2.28. The molecule has 0 bridgehead atoms. The summed E-state index contributed by atoms with van der Waals surface area (Å²) in [4.78, 5) is 4.64. The maximum Gasteiger partial charge on any atom is 0.203 e. The van der Waals surface area contributed by atoms with Gasteiger partial charge in [-0.3, -0.25) is 4.99 Å². The molecule has 5 nitrogen and oxygen atoms in total. The Hall–Kier alpha value is -1.56. The number of benzene rings is 1. The number of hydrogen-bond acceptors (Lipinski definition) is 6. The average molecular weight is 310 g/mol. The zero-order valence-electron chi connectivity index (χ0n) is 13.1. The van der Waals surface area contributed by atoms with Gasteiger partial charge in [0.05, 0.1) is 27.4 Å². The third kappa shape index (κ3) is 3.75. The van der Waals surface area contributed by atoms with E-state index in [1.807, 2.05) is 12.1 Å². The monoisotopic (exact) mass is 310 g/mol. The van der Waals surface area contributed by atoms with Crippen LogP contribution in [0.25, 0.3) is 0 Å². The van der Waals surface area contributed by atoms with Crippen LogP contribution in [0.5, 0.6) is 17.2 Å². The van der Waals surface area contributed by atoms with Crippen LogP contribution in [0.2, 0.25) is 0 Å². The van der Waals surface area contributed by atoms with Crippen molar-refractivity contribution in [1.29, 1.82) is 0 Å². The van der Waals surface area contributed by atoms with Crippen LogP contribution >= 0.6 is 11.8 Å². The van der Waals surface area contributed by atoms with Crippen molar-refractivity contribution in [3.63, 3.8) is 0 Å². The van der Waals surface area contributed by atoms with Crippen molar-refractivity contribution in [3.8, 4) is 17.2 Å². The molecular formula is C15H22N2O3S. The van der Waals surface area contributed by atoms with Crippen LogP contribution in [0, 0.1) is 0 Å². The highest BCUT2D eigenvalue weighted by Crippen LogP contribution is 2.40. The lowest BCUT2D eigenvalue weighted by molar-refractivity contribution is 0.324. The molecule has 0 aliphatic carbocycles. The molecular weight excluding hydrogens is 288 g/mol. The van der Waals surface area contributed by atoms with Gasteiger partial charge in [0.2, 0.25) is 5.75 Å². The minimum Gasteiger partial charge on any atom is -0.493 e. The molecule has 2 unspecified atom stereocenters. The molecule has 1 N–H and O–H groups in total. The Morgan fingerprint density at radius 3 is 2.19 bits per heavy atom. The molecule has 1 aliphatic rings. The normalized spacial score (nSPS) is 21.5. The standard InChI is InChI=1S/C15H22N2O3S/c1-9-6-10(2)21-15(16-9)17-11-7-12(18-3)14(20-5)13(8-11)19-4/h7-10H,6H2,1-5H3,(H,16,17). The smallest absolute Gasteiger partial charge is 0.203 e. The quantitative estimate of drug-likeness (QED) is 0.924. The largest absolute Gasteiger partial charge is 0.493 e. The molecule has 0 saturated carbocycles. The first-order valence-electron chi connectivity index (χ1n) is 6.88. The van der Waals surface area contributed by atoms with Crippen molar-refractivity contribution in [2.24, 2.45) is 4.99 Å². The molecule has 1 heterocycles. The van der Waals surface area contributed by atoms with Gasteiger partial charge >= 0.3 is 0 Å². The van der Waals surface area contributed by atoms with Gasteiger partial charge < -0.3 is 19.5 Å². The van der Waals surface area contributed by atoms with Crippen LogP contribution in [0.15, 0.2) is 17.1 Å². The maximum absolute atomic E-state index is 5.36. The van der Waals surface area contributed by atoms with E-state index in [2.05, 4.69) is 24.2 Å². The molecule has 1 aliphatic heterocycles. The van der Waals surface area contributed by atoms with Crippen LogP contribution in [-0.2, 0) is 0 Å². The second-order valence-corrected chi connectivity index (χ2v) is 6.41. The molecule has 1 aromatic carbocycles. The van der Waals surface area contributed by atoms with E-state index in [-0.39, 0.29) is 0 Å². The molecule has 116 valence electrons. The van der Waals surface area contributed by atoms with Gasteiger partial charge in [-0.1, -0.05) is 18.7 Å². The molecule has 6 heteroatoms. The van der Waals surface area contributed by atoms with Crippen molar-refractivity contribution in [2.45, 2.75) is 31.6 Å². The van der Waals surface area contributed by atoms with E-state index in [1.165, 1.54) is 0 Å². The summed E-state index contributed by atoms with van der Waals surface area (Å²) in [6.07, 6.45) is 1.10. The van der Waals surface area contributed by atoms with Gasteiger partial charge in [0.1, 0.15) is 0 Å². The first-order valence-corrected chi connectivity index (χ1v) is 7.76. The van der Waals surface area contributed by atoms with Crippen molar-refractivity contribution in [3.05, 3.63) is 12.1 Å². The lowest BCUT2D eigenvalue weighted by Crippen LogP contribution is -2.22. The van der Waals surface area contributed by atoms with Crippen LogP contribution in [-0.4, -0.2) is 37.8 Å². The van der Waals surface area contributed by atoms with Crippen LogP contribution in [0.4, 0.5) is 5.69 Å². The Morgan fingerprint density at radius 2 is 1.71 bits per heavy atom. The van der Waals surface area contributed by atoms with E-state index >= 15 is 0 Å². The van der Waals surface area contributed by atoms with Crippen LogP contribution < -0.4 is 19.5 Å². The van der Waals surface area contributed by atoms with Crippen LogP contribution in [0.3, 0.4) is 0 Å². The summed E-state index contributed by atoms with van der Waals surface area (Å²) in [5.41, 5.74) is 0.872.